The first kappa shape index (κ1) is 18.8. The predicted molar refractivity (Wildman–Crippen MR) is 109 cm³/mol. The molecule has 1 aliphatic heterocycles. The van der Waals surface area contributed by atoms with Gasteiger partial charge in [0.05, 0.1) is 11.4 Å². The summed E-state index contributed by atoms with van der Waals surface area (Å²) in [5, 5.41) is 15.2. The largest absolute Gasteiger partial charge is 0.326 e. The minimum atomic E-state index is -0.188. The Labute approximate surface area is 168 Å². The van der Waals surface area contributed by atoms with E-state index in [0.29, 0.717) is 12.2 Å². The molecule has 29 heavy (non-hydrogen) atoms. The van der Waals surface area contributed by atoms with Crippen molar-refractivity contribution in [2.45, 2.75) is 32.7 Å². The predicted octanol–water partition coefficient (Wildman–Crippen LogP) is 2.80. The fourth-order valence-electron chi connectivity index (χ4n) is 3.42. The molecule has 1 aliphatic rings. The molecule has 0 saturated heterocycles. The van der Waals surface area contributed by atoms with E-state index in [1.165, 1.54) is 0 Å². The minimum absolute atomic E-state index is 0.0565. The topological polar surface area (TPSA) is 93.0 Å². The maximum absolute atomic E-state index is 12.6. The van der Waals surface area contributed by atoms with Gasteiger partial charge < -0.3 is 5.32 Å². The monoisotopic (exact) mass is 390 g/mol. The standard InChI is InChI=1S/C21H22N6O2/c1-15-14-20-26(12-3-13-27(20)25-15)21(29)10-9-19(28)23-17-7-5-16(6-8-17)18-4-2-11-22-24-18/h2,4-8,11,14H,3,9-10,12-13H2,1H3,(H,23,28). The summed E-state index contributed by atoms with van der Waals surface area (Å²) in [6.07, 6.45) is 2.78. The minimum Gasteiger partial charge on any atom is -0.326 e. The molecule has 148 valence electrons. The molecular weight excluding hydrogens is 368 g/mol. The number of fused-ring (bicyclic) bond motifs is 1. The number of carbonyl (C=O) groups excluding carboxylic acids is 2. The van der Waals surface area contributed by atoms with Crippen LogP contribution in [0.1, 0.15) is 25.0 Å². The van der Waals surface area contributed by atoms with Crippen molar-refractivity contribution in [3.8, 4) is 11.3 Å². The Morgan fingerprint density at radius 2 is 1.93 bits per heavy atom. The van der Waals surface area contributed by atoms with Gasteiger partial charge in [0.2, 0.25) is 11.8 Å². The van der Waals surface area contributed by atoms with Crippen LogP contribution < -0.4 is 10.2 Å². The lowest BCUT2D eigenvalue weighted by atomic mass is 10.1. The first-order valence-electron chi connectivity index (χ1n) is 9.63. The number of aryl methyl sites for hydroxylation is 2. The number of hydrogen-bond acceptors (Lipinski definition) is 5. The van der Waals surface area contributed by atoms with Crippen molar-refractivity contribution in [3.63, 3.8) is 0 Å². The number of aromatic nitrogens is 4. The van der Waals surface area contributed by atoms with E-state index >= 15 is 0 Å². The van der Waals surface area contributed by atoms with Gasteiger partial charge in [0.25, 0.3) is 0 Å². The molecule has 4 rings (SSSR count). The summed E-state index contributed by atoms with van der Waals surface area (Å²) in [5.41, 5.74) is 3.26. The molecular formula is C21H22N6O2. The van der Waals surface area contributed by atoms with E-state index in [-0.39, 0.29) is 24.7 Å². The van der Waals surface area contributed by atoms with Gasteiger partial charge in [0.15, 0.2) is 0 Å². The lowest BCUT2D eigenvalue weighted by Gasteiger charge is -2.27. The highest BCUT2D eigenvalue weighted by Crippen LogP contribution is 2.23. The molecule has 0 spiro atoms. The van der Waals surface area contributed by atoms with Crippen molar-refractivity contribution in [2.75, 3.05) is 16.8 Å². The maximum Gasteiger partial charge on any atom is 0.228 e. The summed E-state index contributed by atoms with van der Waals surface area (Å²) in [6.45, 7) is 3.39. The Bertz CT molecular complexity index is 1010. The van der Waals surface area contributed by atoms with E-state index in [1.807, 2.05) is 54.1 Å². The molecule has 0 bridgehead atoms. The third-order valence-corrected chi connectivity index (χ3v) is 4.81. The summed E-state index contributed by atoms with van der Waals surface area (Å²) < 4.78 is 1.86. The first-order chi connectivity index (χ1) is 14.1. The zero-order chi connectivity index (χ0) is 20.2. The van der Waals surface area contributed by atoms with Crippen LogP contribution in [-0.2, 0) is 16.1 Å². The van der Waals surface area contributed by atoms with Gasteiger partial charge in [0, 0.05) is 49.4 Å². The van der Waals surface area contributed by atoms with E-state index in [2.05, 4.69) is 20.6 Å². The van der Waals surface area contributed by atoms with E-state index in [0.717, 1.165) is 35.7 Å². The number of nitrogens with one attached hydrogen (secondary N) is 1. The smallest absolute Gasteiger partial charge is 0.228 e. The third kappa shape index (κ3) is 4.31. The molecule has 3 aromatic rings. The molecule has 8 heteroatoms. The van der Waals surface area contributed by atoms with Crippen LogP contribution in [-0.4, -0.2) is 38.3 Å². The fraction of sp³-hybridized carbons (Fsp3) is 0.286. The molecule has 0 fully saturated rings. The Balaban J connectivity index is 1.32. The van der Waals surface area contributed by atoms with Gasteiger partial charge in [-0.15, -0.1) is 0 Å². The first-order valence-corrected chi connectivity index (χ1v) is 9.63. The molecule has 2 aromatic heterocycles. The highest BCUT2D eigenvalue weighted by Gasteiger charge is 2.24. The molecule has 0 unspecified atom stereocenters. The Hall–Kier alpha value is -3.55. The van der Waals surface area contributed by atoms with Crippen LogP contribution in [0.2, 0.25) is 0 Å². The van der Waals surface area contributed by atoms with Crippen molar-refractivity contribution in [1.82, 2.24) is 20.0 Å². The summed E-state index contributed by atoms with van der Waals surface area (Å²) in [6, 6.07) is 13.0. The molecule has 3 heterocycles. The summed E-state index contributed by atoms with van der Waals surface area (Å²) in [4.78, 5) is 26.6. The van der Waals surface area contributed by atoms with E-state index in [4.69, 9.17) is 0 Å². The second-order valence-electron chi connectivity index (χ2n) is 7.00. The van der Waals surface area contributed by atoms with Gasteiger partial charge in [0.1, 0.15) is 5.82 Å². The Morgan fingerprint density at radius 1 is 1.10 bits per heavy atom. The summed E-state index contributed by atoms with van der Waals surface area (Å²) in [7, 11) is 0. The van der Waals surface area contributed by atoms with Crippen molar-refractivity contribution in [1.29, 1.82) is 0 Å². The highest BCUT2D eigenvalue weighted by molar-refractivity contribution is 5.97. The number of nitrogens with zero attached hydrogens (tertiary/aromatic N) is 5. The number of carbonyl (C=O) groups is 2. The number of anilines is 2. The normalized spacial score (nSPS) is 13.1. The molecule has 0 aliphatic carbocycles. The molecule has 0 atom stereocenters. The van der Waals surface area contributed by atoms with Crippen LogP contribution in [0.25, 0.3) is 11.3 Å². The molecule has 8 nitrogen and oxygen atoms in total. The molecule has 1 aromatic carbocycles. The third-order valence-electron chi connectivity index (χ3n) is 4.81. The number of rotatable bonds is 5. The van der Waals surface area contributed by atoms with E-state index in [9.17, 15) is 9.59 Å². The van der Waals surface area contributed by atoms with Crippen LogP contribution in [0.4, 0.5) is 11.5 Å². The van der Waals surface area contributed by atoms with Crippen molar-refractivity contribution in [2.24, 2.45) is 0 Å². The van der Waals surface area contributed by atoms with Crippen molar-refractivity contribution < 1.29 is 9.59 Å². The Morgan fingerprint density at radius 3 is 2.69 bits per heavy atom. The second-order valence-corrected chi connectivity index (χ2v) is 7.00. The van der Waals surface area contributed by atoms with E-state index < -0.39 is 0 Å². The molecule has 1 N–H and O–H groups in total. The zero-order valence-corrected chi connectivity index (χ0v) is 16.2. The molecule has 0 radical (unpaired) electrons. The number of benzene rings is 1. The highest BCUT2D eigenvalue weighted by atomic mass is 16.2. The quantitative estimate of drug-likeness (QED) is 0.723. The van der Waals surface area contributed by atoms with Gasteiger partial charge in [-0.25, -0.2) is 4.68 Å². The summed E-state index contributed by atoms with van der Waals surface area (Å²) >= 11 is 0. The van der Waals surface area contributed by atoms with Crippen molar-refractivity contribution >= 4 is 23.3 Å². The number of hydrogen-bond donors (Lipinski definition) is 1. The van der Waals surface area contributed by atoms with Gasteiger partial charge in [-0.3, -0.25) is 14.5 Å². The fourth-order valence-corrected chi connectivity index (χ4v) is 3.42. The van der Waals surface area contributed by atoms with Gasteiger partial charge >= 0.3 is 0 Å². The Kier molecular flexibility index (Phi) is 5.33. The average molecular weight is 390 g/mol. The van der Waals surface area contributed by atoms with Gasteiger partial charge in [-0.2, -0.15) is 15.3 Å². The molecule has 2 amide bonds. The van der Waals surface area contributed by atoms with Crippen LogP contribution in [0, 0.1) is 6.92 Å². The lowest BCUT2D eigenvalue weighted by molar-refractivity contribution is -0.122. The second kappa shape index (κ2) is 8.22. The SMILES string of the molecule is Cc1cc2n(n1)CCCN2C(=O)CCC(=O)Nc1ccc(-c2cccnn2)cc1. The van der Waals surface area contributed by atoms with Gasteiger partial charge in [-0.05, 0) is 37.6 Å². The van der Waals surface area contributed by atoms with Crippen LogP contribution >= 0.6 is 0 Å². The van der Waals surface area contributed by atoms with Crippen LogP contribution in [0.3, 0.4) is 0 Å². The average Bonchev–Trinajstić information content (AvgIpc) is 3.13. The maximum atomic E-state index is 12.6. The van der Waals surface area contributed by atoms with E-state index in [1.54, 1.807) is 11.1 Å². The number of amides is 2. The van der Waals surface area contributed by atoms with Crippen LogP contribution in [0.5, 0.6) is 0 Å². The molecule has 0 saturated carbocycles. The summed E-state index contributed by atoms with van der Waals surface area (Å²) in [5.74, 6) is 0.574. The van der Waals surface area contributed by atoms with Crippen LogP contribution in [0.15, 0.2) is 48.7 Å². The van der Waals surface area contributed by atoms with Crippen molar-refractivity contribution in [3.05, 3.63) is 54.4 Å². The van der Waals surface area contributed by atoms with Gasteiger partial charge in [-0.1, -0.05) is 12.1 Å². The zero-order valence-electron chi connectivity index (χ0n) is 16.2. The lowest BCUT2D eigenvalue weighted by Crippen LogP contribution is -2.37.